The van der Waals surface area contributed by atoms with Gasteiger partial charge in [-0.2, -0.15) is 0 Å². The van der Waals surface area contributed by atoms with Gasteiger partial charge in [0, 0.05) is 13.1 Å². The quantitative estimate of drug-likeness (QED) is 0.781. The molecule has 3 heteroatoms. The van der Waals surface area contributed by atoms with Gasteiger partial charge in [-0.25, -0.2) is 4.39 Å². The van der Waals surface area contributed by atoms with E-state index >= 15 is 0 Å². The molecule has 76 valence electrons. The predicted molar refractivity (Wildman–Crippen MR) is 53.9 cm³/mol. The van der Waals surface area contributed by atoms with Crippen molar-refractivity contribution in [2.45, 2.75) is 19.4 Å². The van der Waals surface area contributed by atoms with Crippen molar-refractivity contribution in [3.05, 3.63) is 29.6 Å². The standard InChI is InChI=1S/C11H14FNO/c1-8(14)9-3-4-11(10(12)7-9)13-5-2-6-13/h3-4,7-8,14H,2,5-6H2,1H3/t8-/m1/s1. The van der Waals surface area contributed by atoms with E-state index in [1.807, 2.05) is 4.90 Å². The lowest BCUT2D eigenvalue weighted by Crippen LogP contribution is -2.37. The van der Waals surface area contributed by atoms with E-state index < -0.39 is 6.10 Å². The van der Waals surface area contributed by atoms with Crippen molar-refractivity contribution in [1.82, 2.24) is 0 Å². The molecule has 0 saturated carbocycles. The lowest BCUT2D eigenvalue weighted by molar-refractivity contribution is 0.199. The van der Waals surface area contributed by atoms with Crippen molar-refractivity contribution in [2.24, 2.45) is 0 Å². The molecule has 0 spiro atoms. The minimum atomic E-state index is -0.602. The van der Waals surface area contributed by atoms with Crippen LogP contribution in [0.1, 0.15) is 25.0 Å². The van der Waals surface area contributed by atoms with Crippen molar-refractivity contribution in [3.8, 4) is 0 Å². The van der Waals surface area contributed by atoms with Crippen LogP contribution in [0.5, 0.6) is 0 Å². The van der Waals surface area contributed by atoms with Gasteiger partial charge in [0.25, 0.3) is 0 Å². The zero-order valence-corrected chi connectivity index (χ0v) is 8.20. The van der Waals surface area contributed by atoms with Crippen molar-refractivity contribution in [2.75, 3.05) is 18.0 Å². The van der Waals surface area contributed by atoms with Gasteiger partial charge in [0.05, 0.1) is 11.8 Å². The second-order valence-electron chi connectivity index (χ2n) is 3.73. The fourth-order valence-electron chi connectivity index (χ4n) is 1.60. The molecular formula is C11H14FNO. The molecule has 1 N–H and O–H groups in total. The van der Waals surface area contributed by atoms with Gasteiger partial charge in [0.15, 0.2) is 0 Å². The second kappa shape index (κ2) is 3.58. The normalized spacial score (nSPS) is 17.8. The van der Waals surface area contributed by atoms with Gasteiger partial charge in [-0.3, -0.25) is 0 Å². The molecule has 1 aliphatic heterocycles. The zero-order chi connectivity index (χ0) is 10.1. The maximum Gasteiger partial charge on any atom is 0.146 e. The number of aliphatic hydroxyl groups is 1. The number of benzene rings is 1. The Balaban J connectivity index is 2.26. The van der Waals surface area contributed by atoms with Crippen LogP contribution < -0.4 is 4.90 Å². The van der Waals surface area contributed by atoms with E-state index in [0.29, 0.717) is 11.3 Å². The molecule has 0 aliphatic carbocycles. The summed E-state index contributed by atoms with van der Waals surface area (Å²) in [5.74, 6) is -0.233. The Kier molecular flexibility index (Phi) is 2.42. The maximum atomic E-state index is 13.5. The molecule has 0 aromatic heterocycles. The van der Waals surface area contributed by atoms with Gasteiger partial charge in [-0.05, 0) is 31.0 Å². The lowest BCUT2D eigenvalue weighted by Gasteiger charge is -2.33. The Labute approximate surface area is 83.0 Å². The minimum absolute atomic E-state index is 0.233. The average Bonchev–Trinajstić information content (AvgIpc) is 2.04. The number of hydrogen-bond donors (Lipinski definition) is 1. The smallest absolute Gasteiger partial charge is 0.146 e. The van der Waals surface area contributed by atoms with Gasteiger partial charge in [0.1, 0.15) is 5.82 Å². The SMILES string of the molecule is C[C@@H](O)c1ccc(N2CCC2)c(F)c1. The first-order chi connectivity index (χ1) is 6.68. The average molecular weight is 195 g/mol. The van der Waals surface area contributed by atoms with Crippen molar-refractivity contribution in [3.63, 3.8) is 0 Å². The molecular weight excluding hydrogens is 181 g/mol. The number of aliphatic hydroxyl groups excluding tert-OH is 1. The summed E-state index contributed by atoms with van der Waals surface area (Å²) in [5, 5.41) is 9.27. The van der Waals surface area contributed by atoms with Crippen molar-refractivity contribution in [1.29, 1.82) is 0 Å². The van der Waals surface area contributed by atoms with Crippen LogP contribution in [0.2, 0.25) is 0 Å². The minimum Gasteiger partial charge on any atom is -0.389 e. The highest BCUT2D eigenvalue weighted by Crippen LogP contribution is 2.26. The molecule has 0 radical (unpaired) electrons. The van der Waals surface area contributed by atoms with E-state index in [1.54, 1.807) is 19.1 Å². The first-order valence-corrected chi connectivity index (χ1v) is 4.91. The molecule has 0 bridgehead atoms. The third kappa shape index (κ3) is 1.60. The molecule has 1 heterocycles. The van der Waals surface area contributed by atoms with E-state index in [0.717, 1.165) is 19.5 Å². The summed E-state index contributed by atoms with van der Waals surface area (Å²) >= 11 is 0. The van der Waals surface area contributed by atoms with E-state index in [9.17, 15) is 9.50 Å². The van der Waals surface area contributed by atoms with Crippen LogP contribution in [0.25, 0.3) is 0 Å². The van der Waals surface area contributed by atoms with Gasteiger partial charge in [-0.15, -0.1) is 0 Å². The summed E-state index contributed by atoms with van der Waals surface area (Å²) in [5.41, 5.74) is 1.28. The molecule has 1 atom stereocenters. The molecule has 1 aliphatic rings. The molecule has 1 fully saturated rings. The molecule has 2 rings (SSSR count). The van der Waals surface area contributed by atoms with Gasteiger partial charge < -0.3 is 10.0 Å². The van der Waals surface area contributed by atoms with Crippen LogP contribution in [-0.2, 0) is 0 Å². The van der Waals surface area contributed by atoms with Gasteiger partial charge >= 0.3 is 0 Å². The van der Waals surface area contributed by atoms with Crippen LogP contribution in [0.4, 0.5) is 10.1 Å². The first kappa shape index (κ1) is 9.46. The summed E-state index contributed by atoms with van der Waals surface area (Å²) in [7, 11) is 0. The highest BCUT2D eigenvalue weighted by atomic mass is 19.1. The third-order valence-corrected chi connectivity index (χ3v) is 2.65. The molecule has 0 amide bonds. The zero-order valence-electron chi connectivity index (χ0n) is 8.20. The number of nitrogens with zero attached hydrogens (tertiary/aromatic N) is 1. The number of hydrogen-bond acceptors (Lipinski definition) is 2. The fraction of sp³-hybridized carbons (Fsp3) is 0.455. The number of rotatable bonds is 2. The largest absolute Gasteiger partial charge is 0.389 e. The molecule has 1 aromatic rings. The third-order valence-electron chi connectivity index (χ3n) is 2.65. The summed E-state index contributed by atoms with van der Waals surface area (Å²) in [4.78, 5) is 2.00. The second-order valence-corrected chi connectivity index (χ2v) is 3.73. The van der Waals surface area contributed by atoms with Crippen LogP contribution in [0.15, 0.2) is 18.2 Å². The fourth-order valence-corrected chi connectivity index (χ4v) is 1.60. The van der Waals surface area contributed by atoms with E-state index in [1.165, 1.54) is 6.07 Å². The number of halogens is 1. The summed E-state index contributed by atoms with van der Waals surface area (Å²) in [6.45, 7) is 3.51. The first-order valence-electron chi connectivity index (χ1n) is 4.91. The Morgan fingerprint density at radius 3 is 2.57 bits per heavy atom. The Morgan fingerprint density at radius 2 is 2.14 bits per heavy atom. The Hall–Kier alpha value is -1.09. The van der Waals surface area contributed by atoms with Crippen molar-refractivity contribution < 1.29 is 9.50 Å². The topological polar surface area (TPSA) is 23.5 Å². The lowest BCUT2D eigenvalue weighted by atomic mass is 10.1. The van der Waals surface area contributed by atoms with Gasteiger partial charge in [-0.1, -0.05) is 6.07 Å². The van der Waals surface area contributed by atoms with Crippen LogP contribution in [0.3, 0.4) is 0 Å². The predicted octanol–water partition coefficient (Wildman–Crippen LogP) is 2.09. The molecule has 1 saturated heterocycles. The monoisotopic (exact) mass is 195 g/mol. The highest BCUT2D eigenvalue weighted by Gasteiger charge is 2.18. The molecule has 14 heavy (non-hydrogen) atoms. The molecule has 0 unspecified atom stereocenters. The maximum absolute atomic E-state index is 13.5. The Bertz CT molecular complexity index is 334. The number of anilines is 1. The molecule has 2 nitrogen and oxygen atoms in total. The highest BCUT2D eigenvalue weighted by molar-refractivity contribution is 5.51. The van der Waals surface area contributed by atoms with E-state index in [2.05, 4.69) is 0 Å². The van der Waals surface area contributed by atoms with E-state index in [-0.39, 0.29) is 5.82 Å². The summed E-state index contributed by atoms with van der Waals surface area (Å²) in [6, 6.07) is 4.94. The van der Waals surface area contributed by atoms with Gasteiger partial charge in [0.2, 0.25) is 0 Å². The molecule has 1 aromatic carbocycles. The van der Waals surface area contributed by atoms with Crippen LogP contribution in [0, 0.1) is 5.82 Å². The summed E-state index contributed by atoms with van der Waals surface area (Å²) in [6.07, 6.45) is 0.535. The van der Waals surface area contributed by atoms with Crippen molar-refractivity contribution >= 4 is 5.69 Å². The van der Waals surface area contributed by atoms with Crippen LogP contribution >= 0.6 is 0 Å². The van der Waals surface area contributed by atoms with E-state index in [4.69, 9.17) is 0 Å². The summed E-state index contributed by atoms with van der Waals surface area (Å²) < 4.78 is 13.5. The Morgan fingerprint density at radius 1 is 1.43 bits per heavy atom. The van der Waals surface area contributed by atoms with Crippen LogP contribution in [-0.4, -0.2) is 18.2 Å².